The number of pyridine rings is 1. The molecule has 0 aliphatic heterocycles. The van der Waals surface area contributed by atoms with Crippen molar-refractivity contribution >= 4 is 5.69 Å². The van der Waals surface area contributed by atoms with Gasteiger partial charge in [-0.25, -0.2) is 0 Å². The van der Waals surface area contributed by atoms with Crippen LogP contribution in [0.1, 0.15) is 13.0 Å². The van der Waals surface area contributed by atoms with Crippen LogP contribution < -0.4 is 11.2 Å². The number of likely N-dealkylation sites (N-methyl/N-ethyl adjacent to an activating group) is 1. The van der Waals surface area contributed by atoms with Gasteiger partial charge in [0.25, 0.3) is 0 Å². The highest BCUT2D eigenvalue weighted by Crippen LogP contribution is 2.06. The minimum Gasteiger partial charge on any atom is -0.394 e. The summed E-state index contributed by atoms with van der Waals surface area (Å²) in [5, 5.41) is 0. The summed E-state index contributed by atoms with van der Waals surface area (Å²) in [4.78, 5) is 13.2. The van der Waals surface area contributed by atoms with Crippen molar-refractivity contribution in [3.8, 4) is 0 Å². The molecule has 1 atom stereocenters. The van der Waals surface area contributed by atoms with E-state index in [1.54, 1.807) is 12.4 Å². The highest BCUT2D eigenvalue weighted by molar-refractivity contribution is 5.33. The van der Waals surface area contributed by atoms with Gasteiger partial charge in [0, 0.05) is 31.0 Å². The van der Waals surface area contributed by atoms with Gasteiger partial charge in [0.2, 0.25) is 5.43 Å². The van der Waals surface area contributed by atoms with Gasteiger partial charge in [0.05, 0.1) is 5.69 Å². The third-order valence-corrected chi connectivity index (χ3v) is 2.11. The molecule has 0 aromatic carbocycles. The lowest BCUT2D eigenvalue weighted by Gasteiger charge is -2.20. The maximum absolute atomic E-state index is 11.1. The monoisotopic (exact) mass is 195 g/mol. The fourth-order valence-electron chi connectivity index (χ4n) is 1.41. The van der Waals surface area contributed by atoms with E-state index in [9.17, 15) is 4.79 Å². The van der Waals surface area contributed by atoms with Crippen LogP contribution in [0.3, 0.4) is 0 Å². The number of nitrogens with two attached hydrogens (primary N) is 1. The van der Waals surface area contributed by atoms with E-state index in [4.69, 9.17) is 5.73 Å². The van der Waals surface area contributed by atoms with Crippen LogP contribution in [0.5, 0.6) is 0 Å². The number of hydrogen-bond acceptors (Lipinski definition) is 3. The maximum atomic E-state index is 11.1. The van der Waals surface area contributed by atoms with Gasteiger partial charge in [0.15, 0.2) is 0 Å². The summed E-state index contributed by atoms with van der Waals surface area (Å²) in [6.07, 6.45) is 3.46. The first kappa shape index (κ1) is 10.8. The largest absolute Gasteiger partial charge is 0.394 e. The van der Waals surface area contributed by atoms with Gasteiger partial charge in [-0.2, -0.15) is 0 Å². The lowest BCUT2D eigenvalue weighted by atomic mass is 10.3. The summed E-state index contributed by atoms with van der Waals surface area (Å²) in [7, 11) is 4.03. The van der Waals surface area contributed by atoms with Crippen molar-refractivity contribution in [2.45, 2.75) is 13.0 Å². The normalized spacial score (nSPS) is 13.1. The van der Waals surface area contributed by atoms with Crippen LogP contribution in [0.4, 0.5) is 5.69 Å². The third kappa shape index (κ3) is 2.60. The molecule has 1 heterocycles. The van der Waals surface area contributed by atoms with Crippen molar-refractivity contribution in [1.82, 2.24) is 9.47 Å². The number of nitrogen functional groups attached to an aromatic ring is 1. The van der Waals surface area contributed by atoms with Crippen molar-refractivity contribution in [3.05, 3.63) is 28.7 Å². The zero-order chi connectivity index (χ0) is 10.7. The van der Waals surface area contributed by atoms with Crippen molar-refractivity contribution in [2.24, 2.45) is 0 Å². The minimum atomic E-state index is -0.113. The van der Waals surface area contributed by atoms with E-state index in [0.717, 1.165) is 6.54 Å². The Bertz CT molecular complexity index is 357. The van der Waals surface area contributed by atoms with Gasteiger partial charge < -0.3 is 15.2 Å². The maximum Gasteiger partial charge on any atom is 0.204 e. The molecule has 0 amide bonds. The Morgan fingerprint density at radius 3 is 2.71 bits per heavy atom. The van der Waals surface area contributed by atoms with Crippen LogP contribution in [0, 0.1) is 0 Å². The standard InChI is InChI=1S/C10H17N3O/c1-8(6-12(2)3)13-5-4-10(14)9(11)7-13/h4-5,7-8H,6,11H2,1-3H3. The van der Waals surface area contributed by atoms with E-state index in [-0.39, 0.29) is 5.43 Å². The van der Waals surface area contributed by atoms with Crippen LogP contribution in [-0.2, 0) is 0 Å². The molecule has 0 aliphatic carbocycles. The number of aromatic nitrogens is 1. The summed E-state index contributed by atoms with van der Waals surface area (Å²) >= 11 is 0. The highest BCUT2D eigenvalue weighted by Gasteiger charge is 2.05. The second-order valence-electron chi connectivity index (χ2n) is 3.82. The van der Waals surface area contributed by atoms with Crippen LogP contribution in [0.15, 0.2) is 23.3 Å². The highest BCUT2D eigenvalue weighted by atomic mass is 16.1. The molecule has 2 N–H and O–H groups in total. The summed E-state index contributed by atoms with van der Waals surface area (Å²) in [5.74, 6) is 0. The molecule has 0 radical (unpaired) electrons. The van der Waals surface area contributed by atoms with E-state index in [0.29, 0.717) is 11.7 Å². The van der Waals surface area contributed by atoms with E-state index in [1.807, 2.05) is 18.7 Å². The molecule has 1 unspecified atom stereocenters. The molecule has 1 aromatic rings. The quantitative estimate of drug-likeness (QED) is 0.766. The second-order valence-corrected chi connectivity index (χ2v) is 3.82. The van der Waals surface area contributed by atoms with Crippen molar-refractivity contribution in [3.63, 3.8) is 0 Å². The number of rotatable bonds is 3. The SMILES string of the molecule is CC(CN(C)C)n1ccc(=O)c(N)c1. The predicted molar refractivity (Wildman–Crippen MR) is 58.4 cm³/mol. The van der Waals surface area contributed by atoms with E-state index < -0.39 is 0 Å². The Hall–Kier alpha value is -1.29. The molecular formula is C10H17N3O. The zero-order valence-electron chi connectivity index (χ0n) is 8.90. The lowest BCUT2D eigenvalue weighted by molar-refractivity contribution is 0.336. The van der Waals surface area contributed by atoms with Crippen LogP contribution in [-0.4, -0.2) is 30.1 Å². The second kappa shape index (κ2) is 4.28. The molecule has 0 aliphatic rings. The van der Waals surface area contributed by atoms with Crippen molar-refractivity contribution < 1.29 is 0 Å². The van der Waals surface area contributed by atoms with Gasteiger partial charge in [-0.15, -0.1) is 0 Å². The summed E-state index contributed by atoms with van der Waals surface area (Å²) in [6, 6.07) is 1.81. The van der Waals surface area contributed by atoms with Crippen LogP contribution in [0.2, 0.25) is 0 Å². The van der Waals surface area contributed by atoms with Crippen LogP contribution >= 0.6 is 0 Å². The molecule has 1 aromatic heterocycles. The Morgan fingerprint density at radius 1 is 1.57 bits per heavy atom. The first-order valence-corrected chi connectivity index (χ1v) is 4.62. The molecule has 0 fully saturated rings. The molecule has 4 heteroatoms. The van der Waals surface area contributed by atoms with Gasteiger partial charge in [-0.05, 0) is 21.0 Å². The molecule has 4 nitrogen and oxygen atoms in total. The summed E-state index contributed by atoms with van der Waals surface area (Å²) in [5.41, 5.74) is 5.73. The molecular weight excluding hydrogens is 178 g/mol. The zero-order valence-corrected chi connectivity index (χ0v) is 8.90. The van der Waals surface area contributed by atoms with Crippen LogP contribution in [0.25, 0.3) is 0 Å². The lowest BCUT2D eigenvalue weighted by Crippen LogP contribution is -2.23. The van der Waals surface area contributed by atoms with Gasteiger partial charge in [-0.1, -0.05) is 0 Å². The minimum absolute atomic E-state index is 0.113. The average molecular weight is 195 g/mol. The third-order valence-electron chi connectivity index (χ3n) is 2.11. The van der Waals surface area contributed by atoms with Gasteiger partial charge in [-0.3, -0.25) is 4.79 Å². The molecule has 0 bridgehead atoms. The molecule has 0 saturated heterocycles. The molecule has 1 rings (SSSR count). The Kier molecular flexibility index (Phi) is 3.30. The summed E-state index contributed by atoms with van der Waals surface area (Å²) < 4.78 is 1.96. The Balaban J connectivity index is 2.86. The van der Waals surface area contributed by atoms with Gasteiger partial charge >= 0.3 is 0 Å². The smallest absolute Gasteiger partial charge is 0.204 e. The first-order valence-electron chi connectivity index (χ1n) is 4.62. The molecule has 0 saturated carbocycles. The first-order chi connectivity index (χ1) is 6.50. The number of anilines is 1. The Morgan fingerprint density at radius 2 is 2.21 bits per heavy atom. The number of hydrogen-bond donors (Lipinski definition) is 1. The van der Waals surface area contributed by atoms with Crippen molar-refractivity contribution in [2.75, 3.05) is 26.4 Å². The number of nitrogens with zero attached hydrogens (tertiary/aromatic N) is 2. The van der Waals surface area contributed by atoms with E-state index >= 15 is 0 Å². The summed E-state index contributed by atoms with van der Waals surface area (Å²) in [6.45, 7) is 3.01. The van der Waals surface area contributed by atoms with Crippen molar-refractivity contribution in [1.29, 1.82) is 0 Å². The topological polar surface area (TPSA) is 51.3 Å². The fourth-order valence-corrected chi connectivity index (χ4v) is 1.41. The molecule has 0 spiro atoms. The Labute approximate surface area is 83.9 Å². The predicted octanol–water partition coefficient (Wildman–Crippen LogP) is 0.553. The average Bonchev–Trinajstić information content (AvgIpc) is 2.08. The molecule has 78 valence electrons. The molecule has 14 heavy (non-hydrogen) atoms. The van der Waals surface area contributed by atoms with Gasteiger partial charge in [0.1, 0.15) is 0 Å². The van der Waals surface area contributed by atoms with E-state index in [1.165, 1.54) is 6.07 Å². The van der Waals surface area contributed by atoms with E-state index in [2.05, 4.69) is 11.8 Å². The fraction of sp³-hybridized carbons (Fsp3) is 0.500.